The van der Waals surface area contributed by atoms with Gasteiger partial charge in [0.2, 0.25) is 5.91 Å². The molecule has 1 aliphatic rings. The van der Waals surface area contributed by atoms with Gasteiger partial charge in [-0.25, -0.2) is 8.42 Å². The van der Waals surface area contributed by atoms with Gasteiger partial charge in [0.15, 0.2) is 0 Å². The van der Waals surface area contributed by atoms with Crippen molar-refractivity contribution in [3.05, 3.63) is 22.4 Å². The fourth-order valence-electron chi connectivity index (χ4n) is 3.18. The van der Waals surface area contributed by atoms with Crippen LogP contribution in [0.4, 0.5) is 0 Å². The molecule has 2 rings (SSSR count). The van der Waals surface area contributed by atoms with Crippen LogP contribution in [0.2, 0.25) is 0 Å². The van der Waals surface area contributed by atoms with E-state index in [2.05, 4.69) is 22.8 Å². The minimum atomic E-state index is -3.09. The molecule has 1 aliphatic carbocycles. The van der Waals surface area contributed by atoms with Gasteiger partial charge in [0.1, 0.15) is 9.84 Å². The monoisotopic (exact) mass is 394 g/mol. The maximum Gasteiger partial charge on any atom is 0.236 e. The van der Waals surface area contributed by atoms with Crippen molar-refractivity contribution in [2.24, 2.45) is 5.73 Å². The number of thiophene rings is 1. The molecule has 1 heterocycles. The first-order chi connectivity index (χ1) is 10.8. The summed E-state index contributed by atoms with van der Waals surface area (Å²) in [6.07, 6.45) is 7.07. The van der Waals surface area contributed by atoms with Gasteiger partial charge >= 0.3 is 0 Å². The van der Waals surface area contributed by atoms with E-state index in [4.69, 9.17) is 5.73 Å². The molecule has 1 fully saturated rings. The van der Waals surface area contributed by atoms with Crippen LogP contribution in [0, 0.1) is 0 Å². The Hall–Kier alpha value is -0.630. The molecule has 5 nitrogen and oxygen atoms in total. The lowest BCUT2D eigenvalue weighted by Gasteiger charge is -2.37. The zero-order valence-electron chi connectivity index (χ0n) is 14.0. The van der Waals surface area contributed by atoms with Gasteiger partial charge in [-0.15, -0.1) is 23.7 Å². The number of carbonyl (C=O) groups is 1. The Kier molecular flexibility index (Phi) is 8.19. The second-order valence-electron chi connectivity index (χ2n) is 6.56. The van der Waals surface area contributed by atoms with Crippen molar-refractivity contribution in [2.75, 3.05) is 18.6 Å². The number of rotatable bonds is 7. The van der Waals surface area contributed by atoms with Crippen LogP contribution in [-0.4, -0.2) is 38.9 Å². The fourth-order valence-corrected chi connectivity index (χ4v) is 4.85. The first kappa shape index (κ1) is 21.4. The molecule has 1 saturated carbocycles. The third-order valence-electron chi connectivity index (χ3n) is 4.59. The van der Waals surface area contributed by atoms with Crippen molar-refractivity contribution >= 4 is 39.5 Å². The van der Waals surface area contributed by atoms with Crippen LogP contribution in [0.15, 0.2) is 17.5 Å². The molecule has 1 unspecified atom stereocenters. The van der Waals surface area contributed by atoms with Crippen LogP contribution in [0.5, 0.6) is 0 Å². The van der Waals surface area contributed by atoms with E-state index >= 15 is 0 Å². The summed E-state index contributed by atoms with van der Waals surface area (Å²) >= 11 is 1.74. The standard InChI is InChI=1S/C16H26N2O3S2.ClH/c1-23(20,21)11-7-13(17)15(19)18-12-16(8-3-2-4-9-16)14-6-5-10-22-14;/h5-6,10,13H,2-4,7-9,11-12,17H2,1H3,(H,18,19);1H. The largest absolute Gasteiger partial charge is 0.354 e. The summed E-state index contributed by atoms with van der Waals surface area (Å²) in [5, 5.41) is 5.04. The number of hydrogen-bond acceptors (Lipinski definition) is 5. The van der Waals surface area contributed by atoms with Gasteiger partial charge in [0, 0.05) is 23.1 Å². The highest BCUT2D eigenvalue weighted by Crippen LogP contribution is 2.41. The van der Waals surface area contributed by atoms with Crippen molar-refractivity contribution < 1.29 is 13.2 Å². The molecule has 1 aromatic heterocycles. The average molecular weight is 395 g/mol. The molecule has 24 heavy (non-hydrogen) atoms. The average Bonchev–Trinajstić information content (AvgIpc) is 3.05. The third kappa shape index (κ3) is 6.02. The molecule has 1 atom stereocenters. The molecule has 0 aromatic carbocycles. The van der Waals surface area contributed by atoms with E-state index in [-0.39, 0.29) is 35.9 Å². The van der Waals surface area contributed by atoms with E-state index in [1.807, 2.05) is 0 Å². The Balaban J connectivity index is 0.00000288. The molecular weight excluding hydrogens is 368 g/mol. The van der Waals surface area contributed by atoms with Crippen LogP contribution >= 0.6 is 23.7 Å². The van der Waals surface area contributed by atoms with E-state index in [1.54, 1.807) is 11.3 Å². The highest BCUT2D eigenvalue weighted by molar-refractivity contribution is 7.90. The van der Waals surface area contributed by atoms with E-state index in [1.165, 1.54) is 24.1 Å². The number of nitrogens with one attached hydrogen (secondary N) is 1. The zero-order valence-corrected chi connectivity index (χ0v) is 16.4. The molecule has 0 spiro atoms. The summed E-state index contributed by atoms with van der Waals surface area (Å²) in [4.78, 5) is 13.5. The summed E-state index contributed by atoms with van der Waals surface area (Å²) in [6, 6.07) is 3.43. The second-order valence-corrected chi connectivity index (χ2v) is 9.77. The fraction of sp³-hybridized carbons (Fsp3) is 0.688. The Bertz CT molecular complexity index is 611. The van der Waals surface area contributed by atoms with Crippen LogP contribution < -0.4 is 11.1 Å². The van der Waals surface area contributed by atoms with Gasteiger partial charge in [0.25, 0.3) is 0 Å². The Morgan fingerprint density at radius 3 is 2.58 bits per heavy atom. The quantitative estimate of drug-likeness (QED) is 0.742. The van der Waals surface area contributed by atoms with Crippen LogP contribution in [0.25, 0.3) is 0 Å². The lowest BCUT2D eigenvalue weighted by atomic mass is 9.73. The lowest BCUT2D eigenvalue weighted by molar-refractivity contribution is -0.122. The molecular formula is C16H27ClN2O3S2. The molecule has 138 valence electrons. The maximum atomic E-state index is 12.2. The van der Waals surface area contributed by atoms with Crippen molar-refractivity contribution in [1.29, 1.82) is 0 Å². The van der Waals surface area contributed by atoms with Gasteiger partial charge < -0.3 is 11.1 Å². The highest BCUT2D eigenvalue weighted by atomic mass is 35.5. The first-order valence-electron chi connectivity index (χ1n) is 8.07. The summed E-state index contributed by atoms with van der Waals surface area (Å²) in [5.41, 5.74) is 5.84. The van der Waals surface area contributed by atoms with Gasteiger partial charge in [-0.1, -0.05) is 25.3 Å². The highest BCUT2D eigenvalue weighted by Gasteiger charge is 2.35. The van der Waals surface area contributed by atoms with Gasteiger partial charge in [-0.05, 0) is 30.7 Å². The Morgan fingerprint density at radius 2 is 2.04 bits per heavy atom. The number of sulfone groups is 1. The topological polar surface area (TPSA) is 89.3 Å². The summed E-state index contributed by atoms with van der Waals surface area (Å²) in [7, 11) is -3.09. The van der Waals surface area contributed by atoms with Crippen molar-refractivity contribution in [3.8, 4) is 0 Å². The number of carbonyl (C=O) groups excluding carboxylic acids is 1. The van der Waals surface area contributed by atoms with Crippen molar-refractivity contribution in [3.63, 3.8) is 0 Å². The number of nitrogens with two attached hydrogens (primary N) is 1. The van der Waals surface area contributed by atoms with E-state index in [9.17, 15) is 13.2 Å². The number of halogens is 1. The molecule has 1 aromatic rings. The van der Waals surface area contributed by atoms with Gasteiger partial charge in [-0.2, -0.15) is 0 Å². The summed E-state index contributed by atoms with van der Waals surface area (Å²) < 4.78 is 22.4. The van der Waals surface area contributed by atoms with Crippen LogP contribution in [-0.2, 0) is 20.0 Å². The maximum absolute atomic E-state index is 12.2. The van der Waals surface area contributed by atoms with Crippen molar-refractivity contribution in [1.82, 2.24) is 5.32 Å². The second kappa shape index (κ2) is 9.17. The molecule has 0 radical (unpaired) electrons. The lowest BCUT2D eigenvalue weighted by Crippen LogP contribution is -2.47. The third-order valence-corrected chi connectivity index (χ3v) is 6.69. The minimum Gasteiger partial charge on any atom is -0.354 e. The van der Waals surface area contributed by atoms with Crippen LogP contribution in [0.1, 0.15) is 43.4 Å². The molecule has 3 N–H and O–H groups in total. The number of hydrogen-bond donors (Lipinski definition) is 2. The van der Waals surface area contributed by atoms with E-state index in [0.717, 1.165) is 19.1 Å². The molecule has 1 amide bonds. The van der Waals surface area contributed by atoms with E-state index in [0.29, 0.717) is 6.54 Å². The van der Waals surface area contributed by atoms with Gasteiger partial charge in [-0.3, -0.25) is 4.79 Å². The summed E-state index contributed by atoms with van der Waals surface area (Å²) in [5.74, 6) is -0.312. The predicted molar refractivity (Wildman–Crippen MR) is 102 cm³/mol. The normalized spacial score (nSPS) is 18.4. The van der Waals surface area contributed by atoms with Crippen LogP contribution in [0.3, 0.4) is 0 Å². The Morgan fingerprint density at radius 1 is 1.38 bits per heavy atom. The predicted octanol–water partition coefficient (Wildman–Crippen LogP) is 2.25. The molecule has 8 heteroatoms. The summed E-state index contributed by atoms with van der Waals surface area (Å²) in [6.45, 7) is 0.582. The van der Waals surface area contributed by atoms with Crippen molar-refractivity contribution in [2.45, 2.75) is 50.0 Å². The molecule has 0 aliphatic heterocycles. The first-order valence-corrected chi connectivity index (χ1v) is 11.0. The SMILES string of the molecule is CS(=O)(=O)CCC(N)C(=O)NCC1(c2cccs2)CCCCC1.Cl. The smallest absolute Gasteiger partial charge is 0.236 e. The zero-order chi connectivity index (χ0) is 16.9. The van der Waals surface area contributed by atoms with E-state index < -0.39 is 15.9 Å². The minimum absolute atomic E-state index is 0. The Labute approximate surface area is 154 Å². The molecule has 0 saturated heterocycles. The number of amides is 1. The molecule has 0 bridgehead atoms. The van der Waals surface area contributed by atoms with Gasteiger partial charge in [0.05, 0.1) is 11.8 Å².